The summed E-state index contributed by atoms with van der Waals surface area (Å²) in [4.78, 5) is 0. The zero-order valence-electron chi connectivity index (χ0n) is 12.7. The summed E-state index contributed by atoms with van der Waals surface area (Å²) in [5.74, 6) is 0.108. The number of nitrogens with one attached hydrogen (secondary N) is 1. The lowest BCUT2D eigenvalue weighted by molar-refractivity contribution is 0.197. The van der Waals surface area contributed by atoms with Gasteiger partial charge in [0.05, 0.1) is 6.10 Å². The fraction of sp³-hybridized carbons (Fsp3) is 0.625. The SMILES string of the molecule is CCCC(C)Oc1c(F)cccc1CNC(C)(C)C. The Morgan fingerprint density at radius 2 is 2.00 bits per heavy atom. The summed E-state index contributed by atoms with van der Waals surface area (Å²) in [6, 6.07) is 5.09. The van der Waals surface area contributed by atoms with Crippen molar-refractivity contribution >= 4 is 0 Å². The van der Waals surface area contributed by atoms with Crippen molar-refractivity contribution in [2.75, 3.05) is 0 Å². The lowest BCUT2D eigenvalue weighted by atomic mass is 10.1. The molecule has 0 saturated heterocycles. The Kier molecular flexibility index (Phi) is 5.80. The molecular formula is C16H26FNO. The Morgan fingerprint density at radius 3 is 2.58 bits per heavy atom. The quantitative estimate of drug-likeness (QED) is 0.830. The van der Waals surface area contributed by atoms with Crippen molar-refractivity contribution in [1.29, 1.82) is 0 Å². The molecule has 0 aromatic heterocycles. The van der Waals surface area contributed by atoms with Gasteiger partial charge >= 0.3 is 0 Å². The maximum absolute atomic E-state index is 13.9. The predicted octanol–water partition coefficient (Wildman–Crippen LogP) is 4.28. The first-order valence-electron chi connectivity index (χ1n) is 7.02. The van der Waals surface area contributed by atoms with Crippen LogP contribution in [0.1, 0.15) is 53.0 Å². The molecule has 0 bridgehead atoms. The minimum Gasteiger partial charge on any atom is -0.487 e. The monoisotopic (exact) mass is 267 g/mol. The highest BCUT2D eigenvalue weighted by molar-refractivity contribution is 5.35. The van der Waals surface area contributed by atoms with E-state index in [0.717, 1.165) is 18.4 Å². The summed E-state index contributed by atoms with van der Waals surface area (Å²) in [6.45, 7) is 11.0. The van der Waals surface area contributed by atoms with Crippen LogP contribution in [0.4, 0.5) is 4.39 Å². The molecule has 1 aromatic rings. The molecule has 0 amide bonds. The van der Waals surface area contributed by atoms with Crippen LogP contribution in [-0.4, -0.2) is 11.6 Å². The van der Waals surface area contributed by atoms with Crippen LogP contribution in [0.25, 0.3) is 0 Å². The minimum absolute atomic E-state index is 0.00137. The second-order valence-corrected chi connectivity index (χ2v) is 6.05. The highest BCUT2D eigenvalue weighted by atomic mass is 19.1. The smallest absolute Gasteiger partial charge is 0.165 e. The Labute approximate surface area is 116 Å². The summed E-state index contributed by atoms with van der Waals surface area (Å²) < 4.78 is 19.7. The largest absolute Gasteiger partial charge is 0.487 e. The Bertz CT molecular complexity index is 398. The van der Waals surface area contributed by atoms with Crippen molar-refractivity contribution < 1.29 is 9.13 Å². The van der Waals surface area contributed by atoms with Crippen molar-refractivity contribution in [3.05, 3.63) is 29.6 Å². The topological polar surface area (TPSA) is 21.3 Å². The molecular weight excluding hydrogens is 241 g/mol. The highest BCUT2D eigenvalue weighted by Crippen LogP contribution is 2.25. The van der Waals surface area contributed by atoms with E-state index in [2.05, 4.69) is 33.0 Å². The molecule has 0 fully saturated rings. The van der Waals surface area contributed by atoms with Crippen molar-refractivity contribution in [2.24, 2.45) is 0 Å². The van der Waals surface area contributed by atoms with Crippen LogP contribution in [-0.2, 0) is 6.54 Å². The van der Waals surface area contributed by atoms with Gasteiger partial charge in [-0.1, -0.05) is 25.5 Å². The van der Waals surface area contributed by atoms with Crippen LogP contribution in [0.15, 0.2) is 18.2 Å². The Balaban J connectivity index is 2.83. The number of hydrogen-bond donors (Lipinski definition) is 1. The lowest BCUT2D eigenvalue weighted by Crippen LogP contribution is -2.35. The van der Waals surface area contributed by atoms with Gasteiger partial charge < -0.3 is 10.1 Å². The maximum Gasteiger partial charge on any atom is 0.165 e. The molecule has 2 nitrogen and oxygen atoms in total. The minimum atomic E-state index is -0.281. The fourth-order valence-electron chi connectivity index (χ4n) is 1.85. The number of ether oxygens (including phenoxy) is 1. The summed E-state index contributed by atoms with van der Waals surface area (Å²) in [5, 5.41) is 3.36. The molecule has 1 unspecified atom stereocenters. The van der Waals surface area contributed by atoms with Crippen molar-refractivity contribution in [2.45, 2.75) is 65.6 Å². The maximum atomic E-state index is 13.9. The number of hydrogen-bond acceptors (Lipinski definition) is 2. The van der Waals surface area contributed by atoms with Crippen LogP contribution in [0.3, 0.4) is 0 Å². The zero-order valence-corrected chi connectivity index (χ0v) is 12.7. The third-order valence-electron chi connectivity index (χ3n) is 2.87. The number of halogens is 1. The molecule has 0 aliphatic heterocycles. The summed E-state index contributed by atoms with van der Waals surface area (Å²) in [7, 11) is 0. The molecule has 3 heteroatoms. The van der Waals surface area contributed by atoms with Gasteiger partial charge in [0.2, 0.25) is 0 Å². The number of benzene rings is 1. The molecule has 0 aliphatic carbocycles. The molecule has 0 heterocycles. The molecule has 0 radical (unpaired) electrons. The van der Waals surface area contributed by atoms with Gasteiger partial charge in [-0.15, -0.1) is 0 Å². The van der Waals surface area contributed by atoms with Gasteiger partial charge in [0.25, 0.3) is 0 Å². The second kappa shape index (κ2) is 6.90. The van der Waals surface area contributed by atoms with Crippen molar-refractivity contribution in [3.8, 4) is 5.75 Å². The van der Waals surface area contributed by atoms with Gasteiger partial charge in [-0.3, -0.25) is 0 Å². The van der Waals surface area contributed by atoms with E-state index in [1.807, 2.05) is 13.0 Å². The van der Waals surface area contributed by atoms with Crippen LogP contribution in [0, 0.1) is 5.82 Å². The van der Waals surface area contributed by atoms with Crippen molar-refractivity contribution in [1.82, 2.24) is 5.32 Å². The van der Waals surface area contributed by atoms with Crippen LogP contribution in [0.5, 0.6) is 5.75 Å². The third-order valence-corrected chi connectivity index (χ3v) is 2.87. The summed E-state index contributed by atoms with van der Waals surface area (Å²) in [6.07, 6.45) is 2.00. The first kappa shape index (κ1) is 16.0. The van der Waals surface area contributed by atoms with E-state index < -0.39 is 0 Å². The van der Waals surface area contributed by atoms with E-state index in [1.165, 1.54) is 6.07 Å². The Morgan fingerprint density at radius 1 is 1.32 bits per heavy atom. The van der Waals surface area contributed by atoms with Gasteiger partial charge in [-0.05, 0) is 40.2 Å². The van der Waals surface area contributed by atoms with E-state index in [-0.39, 0.29) is 17.5 Å². The van der Waals surface area contributed by atoms with Gasteiger partial charge in [0.1, 0.15) is 0 Å². The normalized spacial score (nSPS) is 13.4. The van der Waals surface area contributed by atoms with E-state index in [4.69, 9.17) is 4.74 Å². The predicted molar refractivity (Wildman–Crippen MR) is 78.0 cm³/mol. The van der Waals surface area contributed by atoms with Gasteiger partial charge in [-0.2, -0.15) is 0 Å². The average molecular weight is 267 g/mol. The molecule has 0 aliphatic rings. The zero-order chi connectivity index (χ0) is 14.5. The van der Waals surface area contributed by atoms with Crippen LogP contribution >= 0.6 is 0 Å². The van der Waals surface area contributed by atoms with Gasteiger partial charge in [-0.25, -0.2) is 4.39 Å². The number of rotatable bonds is 6. The molecule has 1 atom stereocenters. The second-order valence-electron chi connectivity index (χ2n) is 6.05. The van der Waals surface area contributed by atoms with E-state index in [9.17, 15) is 4.39 Å². The molecule has 108 valence electrons. The average Bonchev–Trinajstić information content (AvgIpc) is 2.29. The molecule has 19 heavy (non-hydrogen) atoms. The molecule has 0 spiro atoms. The van der Waals surface area contributed by atoms with E-state index >= 15 is 0 Å². The molecule has 1 aromatic carbocycles. The van der Waals surface area contributed by atoms with Crippen LogP contribution in [0.2, 0.25) is 0 Å². The van der Waals surface area contributed by atoms with Crippen LogP contribution < -0.4 is 10.1 Å². The van der Waals surface area contributed by atoms with Gasteiger partial charge in [0.15, 0.2) is 11.6 Å². The third kappa shape index (κ3) is 5.60. The molecule has 1 rings (SSSR count). The van der Waals surface area contributed by atoms with E-state index in [1.54, 1.807) is 6.07 Å². The molecule has 1 N–H and O–H groups in total. The first-order chi connectivity index (χ1) is 8.83. The highest BCUT2D eigenvalue weighted by Gasteiger charge is 2.15. The van der Waals surface area contributed by atoms with E-state index in [0.29, 0.717) is 12.3 Å². The summed E-state index contributed by atoms with van der Waals surface area (Å²) >= 11 is 0. The fourth-order valence-corrected chi connectivity index (χ4v) is 1.85. The first-order valence-corrected chi connectivity index (χ1v) is 7.02. The summed E-state index contributed by atoms with van der Waals surface area (Å²) in [5.41, 5.74) is 0.872. The van der Waals surface area contributed by atoms with Gasteiger partial charge in [0, 0.05) is 17.6 Å². The molecule has 0 saturated carbocycles. The number of para-hydroxylation sites is 1. The standard InChI is InChI=1S/C16H26FNO/c1-6-8-12(2)19-15-13(9-7-10-14(15)17)11-18-16(3,4)5/h7,9-10,12,18H,6,8,11H2,1-5H3. The van der Waals surface area contributed by atoms with Crippen molar-refractivity contribution in [3.63, 3.8) is 0 Å². The lowest BCUT2D eigenvalue weighted by Gasteiger charge is -2.23. The Hall–Kier alpha value is -1.09.